The minimum absolute atomic E-state index is 0.0324. The van der Waals surface area contributed by atoms with E-state index in [1.807, 2.05) is 17.5 Å². The fourth-order valence-corrected chi connectivity index (χ4v) is 4.83. The number of hydrogen-bond acceptors (Lipinski definition) is 7. The van der Waals surface area contributed by atoms with E-state index in [0.29, 0.717) is 24.1 Å². The van der Waals surface area contributed by atoms with E-state index in [0.717, 1.165) is 15.6 Å². The standard InChI is InChI=1S/C22H33NO6SSi/c1-22(2,3)31(7,8)29-20-15-9-12-30-18(15)14-17(16(20)13-19(26-4)27-5)23(10-11-24)21(25)28-6/h9,11-12,14,19H,10,13H2,1-8H3. The molecular weight excluding hydrogens is 434 g/mol. The second kappa shape index (κ2) is 10.1. The van der Waals surface area contributed by atoms with Crippen molar-refractivity contribution < 1.29 is 28.2 Å². The first kappa shape index (κ1) is 25.3. The highest BCUT2D eigenvalue weighted by atomic mass is 32.1. The molecule has 0 bridgehead atoms. The molecule has 31 heavy (non-hydrogen) atoms. The van der Waals surface area contributed by atoms with E-state index in [9.17, 15) is 9.59 Å². The van der Waals surface area contributed by atoms with Gasteiger partial charge in [-0.05, 0) is 35.6 Å². The Morgan fingerprint density at radius 1 is 1.23 bits per heavy atom. The molecule has 0 N–H and O–H groups in total. The first-order valence-corrected chi connectivity index (χ1v) is 13.9. The van der Waals surface area contributed by atoms with E-state index in [1.54, 1.807) is 25.6 Å². The molecule has 1 aromatic carbocycles. The molecule has 0 unspecified atom stereocenters. The number of nitrogens with zero attached hydrogens (tertiary/aromatic N) is 1. The van der Waals surface area contributed by atoms with Gasteiger partial charge in [0.05, 0.1) is 19.3 Å². The monoisotopic (exact) mass is 467 g/mol. The number of aldehydes is 1. The van der Waals surface area contributed by atoms with Crippen LogP contribution in [0.5, 0.6) is 5.75 Å². The van der Waals surface area contributed by atoms with Gasteiger partial charge in [0, 0.05) is 36.3 Å². The van der Waals surface area contributed by atoms with Crippen LogP contribution in [0.25, 0.3) is 10.1 Å². The number of hydrogen-bond donors (Lipinski definition) is 0. The second-order valence-corrected chi connectivity index (χ2v) is 14.4. The van der Waals surface area contributed by atoms with E-state index >= 15 is 0 Å². The van der Waals surface area contributed by atoms with Crippen LogP contribution in [0.4, 0.5) is 10.5 Å². The Bertz CT molecular complexity index is 917. The summed E-state index contributed by atoms with van der Waals surface area (Å²) in [6.45, 7) is 10.7. The van der Waals surface area contributed by atoms with Crippen LogP contribution in [0.3, 0.4) is 0 Å². The number of fused-ring (bicyclic) bond motifs is 1. The van der Waals surface area contributed by atoms with Crippen molar-refractivity contribution in [2.75, 3.05) is 32.8 Å². The molecule has 0 atom stereocenters. The summed E-state index contributed by atoms with van der Waals surface area (Å²) in [5.74, 6) is 0.708. The maximum Gasteiger partial charge on any atom is 0.414 e. The molecule has 2 rings (SSSR count). The zero-order valence-electron chi connectivity index (χ0n) is 19.6. The second-order valence-electron chi connectivity index (χ2n) is 8.75. The molecule has 1 heterocycles. The Labute approximate surface area is 189 Å². The van der Waals surface area contributed by atoms with E-state index in [1.165, 1.54) is 12.0 Å². The molecule has 0 aliphatic rings. The normalized spacial score (nSPS) is 12.3. The molecule has 0 radical (unpaired) electrons. The summed E-state index contributed by atoms with van der Waals surface area (Å²) in [5.41, 5.74) is 1.30. The Morgan fingerprint density at radius 3 is 2.39 bits per heavy atom. The summed E-state index contributed by atoms with van der Waals surface area (Å²) in [6, 6.07) is 3.92. The van der Waals surface area contributed by atoms with Crippen LogP contribution < -0.4 is 9.33 Å². The van der Waals surface area contributed by atoms with Gasteiger partial charge < -0.3 is 23.4 Å². The number of ether oxygens (including phenoxy) is 3. The quantitative estimate of drug-likeness (QED) is 0.286. The number of benzene rings is 1. The number of anilines is 1. The third kappa shape index (κ3) is 5.46. The van der Waals surface area contributed by atoms with Crippen molar-refractivity contribution in [3.8, 4) is 5.75 Å². The van der Waals surface area contributed by atoms with Crippen molar-refractivity contribution >= 4 is 47.8 Å². The number of rotatable bonds is 9. The summed E-state index contributed by atoms with van der Waals surface area (Å²) >= 11 is 1.55. The molecular formula is C22H33NO6SSi. The van der Waals surface area contributed by atoms with Crippen LogP contribution in [0.15, 0.2) is 17.5 Å². The van der Waals surface area contributed by atoms with Gasteiger partial charge >= 0.3 is 6.09 Å². The van der Waals surface area contributed by atoms with Gasteiger partial charge in [-0.15, -0.1) is 11.3 Å². The van der Waals surface area contributed by atoms with Crippen molar-refractivity contribution in [1.29, 1.82) is 0 Å². The van der Waals surface area contributed by atoms with Crippen LogP contribution >= 0.6 is 11.3 Å². The maximum atomic E-state index is 12.6. The van der Waals surface area contributed by atoms with Crippen molar-refractivity contribution in [3.05, 3.63) is 23.1 Å². The first-order valence-electron chi connectivity index (χ1n) is 10.1. The zero-order valence-corrected chi connectivity index (χ0v) is 21.4. The summed E-state index contributed by atoms with van der Waals surface area (Å²) in [6.07, 6.45) is -0.149. The van der Waals surface area contributed by atoms with Gasteiger partial charge in [0.1, 0.15) is 12.0 Å². The predicted octanol–water partition coefficient (Wildman–Crippen LogP) is 5.22. The first-order chi connectivity index (χ1) is 14.5. The number of methoxy groups -OCH3 is 3. The smallest absolute Gasteiger partial charge is 0.414 e. The lowest BCUT2D eigenvalue weighted by Gasteiger charge is -2.38. The van der Waals surface area contributed by atoms with Gasteiger partial charge in [0.2, 0.25) is 0 Å². The molecule has 172 valence electrons. The summed E-state index contributed by atoms with van der Waals surface area (Å²) < 4.78 is 23.6. The lowest BCUT2D eigenvalue weighted by molar-refractivity contribution is -0.106. The molecule has 0 spiro atoms. The third-order valence-electron chi connectivity index (χ3n) is 5.79. The van der Waals surface area contributed by atoms with Gasteiger partial charge in [-0.2, -0.15) is 0 Å². The molecule has 0 aliphatic heterocycles. The molecule has 2 aromatic rings. The topological polar surface area (TPSA) is 74.3 Å². The lowest BCUT2D eigenvalue weighted by atomic mass is 10.0. The van der Waals surface area contributed by atoms with Crippen molar-refractivity contribution in [1.82, 2.24) is 0 Å². The fraction of sp³-hybridized carbons (Fsp3) is 0.545. The van der Waals surface area contributed by atoms with Crippen molar-refractivity contribution in [2.45, 2.75) is 51.6 Å². The molecule has 0 fully saturated rings. The number of carbonyl (C=O) groups excluding carboxylic acids is 2. The third-order valence-corrected chi connectivity index (χ3v) is 11.0. The van der Waals surface area contributed by atoms with Gasteiger partial charge in [-0.1, -0.05) is 20.8 Å². The van der Waals surface area contributed by atoms with Crippen LogP contribution in [-0.2, 0) is 25.4 Å². The Hall–Kier alpha value is -1.94. The Morgan fingerprint density at radius 2 is 1.87 bits per heavy atom. The highest BCUT2D eigenvalue weighted by molar-refractivity contribution is 7.17. The largest absolute Gasteiger partial charge is 0.543 e. The number of amides is 1. The average Bonchev–Trinajstić information content (AvgIpc) is 3.18. The Kier molecular flexibility index (Phi) is 8.26. The van der Waals surface area contributed by atoms with Crippen molar-refractivity contribution in [2.24, 2.45) is 0 Å². The highest BCUT2D eigenvalue weighted by Crippen LogP contribution is 2.45. The van der Waals surface area contributed by atoms with E-state index in [4.69, 9.17) is 18.6 Å². The molecule has 0 saturated heterocycles. The van der Waals surface area contributed by atoms with E-state index < -0.39 is 20.7 Å². The van der Waals surface area contributed by atoms with Crippen LogP contribution in [-0.4, -0.2) is 54.9 Å². The van der Waals surface area contributed by atoms with Gasteiger partial charge in [-0.25, -0.2) is 4.79 Å². The van der Waals surface area contributed by atoms with E-state index in [-0.39, 0.29) is 11.6 Å². The average molecular weight is 468 g/mol. The molecule has 0 aliphatic carbocycles. The zero-order chi connectivity index (χ0) is 23.4. The van der Waals surface area contributed by atoms with Crippen LogP contribution in [0, 0.1) is 0 Å². The van der Waals surface area contributed by atoms with Crippen LogP contribution in [0.1, 0.15) is 26.3 Å². The number of thiophene rings is 1. The predicted molar refractivity (Wildman–Crippen MR) is 127 cm³/mol. The fourth-order valence-electron chi connectivity index (χ4n) is 2.96. The minimum atomic E-state index is -2.23. The summed E-state index contributed by atoms with van der Waals surface area (Å²) in [5, 5.41) is 2.92. The SMILES string of the molecule is COC(=O)N(CC=O)c1cc2sccc2c(O[Si](C)(C)C(C)(C)C)c1CC(OC)OC. The Balaban J connectivity index is 2.83. The summed E-state index contributed by atoms with van der Waals surface area (Å²) in [4.78, 5) is 25.3. The summed E-state index contributed by atoms with van der Waals surface area (Å²) in [7, 11) is 2.19. The highest BCUT2D eigenvalue weighted by Gasteiger charge is 2.40. The van der Waals surface area contributed by atoms with Crippen molar-refractivity contribution in [3.63, 3.8) is 0 Å². The van der Waals surface area contributed by atoms with Gasteiger partial charge in [0.25, 0.3) is 8.32 Å². The number of carbonyl (C=O) groups is 2. The molecule has 7 nitrogen and oxygen atoms in total. The molecule has 1 aromatic heterocycles. The maximum absolute atomic E-state index is 12.6. The van der Waals surface area contributed by atoms with Gasteiger partial charge in [0.15, 0.2) is 6.29 Å². The molecule has 0 saturated carbocycles. The van der Waals surface area contributed by atoms with E-state index in [2.05, 4.69) is 33.9 Å². The lowest BCUT2D eigenvalue weighted by Crippen LogP contribution is -2.44. The minimum Gasteiger partial charge on any atom is -0.543 e. The molecule has 9 heteroatoms. The van der Waals surface area contributed by atoms with Gasteiger partial charge in [-0.3, -0.25) is 4.90 Å². The van der Waals surface area contributed by atoms with Crippen LogP contribution in [0.2, 0.25) is 18.1 Å². The molecule has 1 amide bonds.